The van der Waals surface area contributed by atoms with Gasteiger partial charge in [0.25, 0.3) is 0 Å². The largest absolute Gasteiger partial charge is 0.493 e. The molecule has 6 nitrogen and oxygen atoms in total. The average molecular weight is 360 g/mol. The quantitative estimate of drug-likeness (QED) is 0.728. The summed E-state index contributed by atoms with van der Waals surface area (Å²) in [5, 5.41) is 9.65. The maximum absolute atomic E-state index is 9.65. The molecule has 6 heteroatoms. The van der Waals surface area contributed by atoms with Crippen LogP contribution in [0.15, 0.2) is 24.3 Å². The predicted octanol–water partition coefficient (Wildman–Crippen LogP) is 3.39. The molecule has 0 saturated heterocycles. The number of ether oxygens (including phenoxy) is 5. The van der Waals surface area contributed by atoms with Crippen molar-refractivity contribution in [3.8, 4) is 28.7 Å². The SMILES string of the molecule is COc1cc(/C=C/c2c(CO)ccc(OC)c2OC)cc(OC)c1OC. The molecule has 0 atom stereocenters. The van der Waals surface area contributed by atoms with Crippen LogP contribution < -0.4 is 23.7 Å². The summed E-state index contributed by atoms with van der Waals surface area (Å²) < 4.78 is 26.9. The van der Waals surface area contributed by atoms with Crippen molar-refractivity contribution < 1.29 is 28.8 Å². The maximum atomic E-state index is 9.65. The molecule has 2 aromatic rings. The minimum Gasteiger partial charge on any atom is -0.493 e. The Bertz CT molecular complexity index is 757. The molecule has 0 radical (unpaired) electrons. The number of methoxy groups -OCH3 is 5. The third kappa shape index (κ3) is 3.86. The van der Waals surface area contributed by atoms with Crippen molar-refractivity contribution in [3.05, 3.63) is 41.0 Å². The number of aliphatic hydroxyl groups excluding tert-OH is 1. The van der Waals surface area contributed by atoms with E-state index in [0.29, 0.717) is 28.7 Å². The van der Waals surface area contributed by atoms with Crippen LogP contribution in [0.2, 0.25) is 0 Å². The summed E-state index contributed by atoms with van der Waals surface area (Å²) >= 11 is 0. The third-order valence-corrected chi connectivity index (χ3v) is 3.97. The highest BCUT2D eigenvalue weighted by atomic mass is 16.5. The average Bonchev–Trinajstić information content (AvgIpc) is 2.70. The number of aliphatic hydroxyl groups is 1. The predicted molar refractivity (Wildman–Crippen MR) is 100 cm³/mol. The Balaban J connectivity index is 2.53. The van der Waals surface area contributed by atoms with Gasteiger partial charge in [0, 0.05) is 5.56 Å². The normalized spacial score (nSPS) is 10.7. The first-order valence-corrected chi connectivity index (χ1v) is 7.96. The third-order valence-electron chi connectivity index (χ3n) is 3.97. The van der Waals surface area contributed by atoms with Crippen LogP contribution in [-0.2, 0) is 6.61 Å². The van der Waals surface area contributed by atoms with E-state index in [1.165, 1.54) is 0 Å². The molecule has 2 rings (SSSR count). The van der Waals surface area contributed by atoms with Crippen molar-refractivity contribution in [2.45, 2.75) is 6.61 Å². The second kappa shape index (κ2) is 9.01. The second-order valence-electron chi connectivity index (χ2n) is 5.32. The molecule has 2 aromatic carbocycles. The van der Waals surface area contributed by atoms with E-state index < -0.39 is 0 Å². The van der Waals surface area contributed by atoms with E-state index in [4.69, 9.17) is 23.7 Å². The lowest BCUT2D eigenvalue weighted by Crippen LogP contribution is -1.98. The van der Waals surface area contributed by atoms with E-state index in [1.807, 2.05) is 24.3 Å². The monoisotopic (exact) mass is 360 g/mol. The molecule has 0 aliphatic carbocycles. The van der Waals surface area contributed by atoms with Gasteiger partial charge in [-0.05, 0) is 29.3 Å². The van der Waals surface area contributed by atoms with Gasteiger partial charge in [-0.3, -0.25) is 0 Å². The second-order valence-corrected chi connectivity index (χ2v) is 5.32. The highest BCUT2D eigenvalue weighted by molar-refractivity contribution is 5.77. The van der Waals surface area contributed by atoms with Crippen LogP contribution in [-0.4, -0.2) is 40.7 Å². The van der Waals surface area contributed by atoms with Gasteiger partial charge in [-0.25, -0.2) is 0 Å². The first kappa shape index (κ1) is 19.5. The molecule has 0 aliphatic heterocycles. The molecule has 140 valence electrons. The highest BCUT2D eigenvalue weighted by Crippen LogP contribution is 2.39. The van der Waals surface area contributed by atoms with Crippen LogP contribution >= 0.6 is 0 Å². The minimum atomic E-state index is -0.116. The van der Waals surface area contributed by atoms with Gasteiger partial charge >= 0.3 is 0 Å². The van der Waals surface area contributed by atoms with Crippen molar-refractivity contribution in [3.63, 3.8) is 0 Å². The van der Waals surface area contributed by atoms with Crippen LogP contribution in [0.25, 0.3) is 12.2 Å². The van der Waals surface area contributed by atoms with Crippen molar-refractivity contribution in [1.82, 2.24) is 0 Å². The molecule has 0 saturated carbocycles. The molecule has 0 aromatic heterocycles. The Morgan fingerprint density at radius 2 is 1.31 bits per heavy atom. The van der Waals surface area contributed by atoms with Gasteiger partial charge in [0.1, 0.15) is 0 Å². The molecule has 0 heterocycles. The van der Waals surface area contributed by atoms with Gasteiger partial charge < -0.3 is 28.8 Å². The van der Waals surface area contributed by atoms with Crippen molar-refractivity contribution in [1.29, 1.82) is 0 Å². The first-order chi connectivity index (χ1) is 12.6. The van der Waals surface area contributed by atoms with E-state index in [9.17, 15) is 5.11 Å². The Morgan fingerprint density at radius 3 is 1.77 bits per heavy atom. The van der Waals surface area contributed by atoms with E-state index in [0.717, 1.165) is 16.7 Å². The zero-order valence-corrected chi connectivity index (χ0v) is 15.7. The molecule has 26 heavy (non-hydrogen) atoms. The number of hydrogen-bond donors (Lipinski definition) is 1. The number of benzene rings is 2. The maximum Gasteiger partial charge on any atom is 0.203 e. The molecule has 0 bridgehead atoms. The van der Waals surface area contributed by atoms with Crippen LogP contribution in [0, 0.1) is 0 Å². The molecule has 0 spiro atoms. The minimum absolute atomic E-state index is 0.116. The molecule has 0 unspecified atom stereocenters. The fourth-order valence-corrected chi connectivity index (χ4v) is 2.69. The number of rotatable bonds is 8. The van der Waals surface area contributed by atoms with Crippen LogP contribution in [0.1, 0.15) is 16.7 Å². The van der Waals surface area contributed by atoms with E-state index in [2.05, 4.69) is 0 Å². The molecular formula is C20H24O6. The Kier molecular flexibility index (Phi) is 6.74. The molecule has 0 aliphatic rings. The summed E-state index contributed by atoms with van der Waals surface area (Å²) in [6.45, 7) is -0.116. The smallest absolute Gasteiger partial charge is 0.203 e. The lowest BCUT2D eigenvalue weighted by atomic mass is 10.0. The van der Waals surface area contributed by atoms with E-state index in [-0.39, 0.29) is 6.61 Å². The fourth-order valence-electron chi connectivity index (χ4n) is 2.69. The van der Waals surface area contributed by atoms with Gasteiger partial charge in [-0.2, -0.15) is 0 Å². The van der Waals surface area contributed by atoms with E-state index >= 15 is 0 Å². The fraction of sp³-hybridized carbons (Fsp3) is 0.300. The molecular weight excluding hydrogens is 336 g/mol. The Hall–Kier alpha value is -2.86. The van der Waals surface area contributed by atoms with Gasteiger partial charge in [0.2, 0.25) is 5.75 Å². The summed E-state index contributed by atoms with van der Waals surface area (Å²) in [6, 6.07) is 7.24. The molecule has 0 amide bonds. The lowest BCUT2D eigenvalue weighted by Gasteiger charge is -2.14. The molecule has 0 fully saturated rings. The molecule has 1 N–H and O–H groups in total. The lowest BCUT2D eigenvalue weighted by molar-refractivity contribution is 0.280. The van der Waals surface area contributed by atoms with Gasteiger partial charge in [0.05, 0.1) is 42.2 Å². The van der Waals surface area contributed by atoms with E-state index in [1.54, 1.807) is 47.7 Å². The Labute approximate surface area is 153 Å². The van der Waals surface area contributed by atoms with Gasteiger partial charge in [-0.1, -0.05) is 18.2 Å². The zero-order valence-electron chi connectivity index (χ0n) is 15.7. The Morgan fingerprint density at radius 1 is 0.731 bits per heavy atom. The number of hydrogen-bond acceptors (Lipinski definition) is 6. The van der Waals surface area contributed by atoms with Crippen LogP contribution in [0.3, 0.4) is 0 Å². The topological polar surface area (TPSA) is 66.4 Å². The van der Waals surface area contributed by atoms with Gasteiger partial charge in [-0.15, -0.1) is 0 Å². The summed E-state index contributed by atoms with van der Waals surface area (Å²) in [4.78, 5) is 0. The first-order valence-electron chi connectivity index (χ1n) is 7.96. The van der Waals surface area contributed by atoms with Crippen molar-refractivity contribution >= 4 is 12.2 Å². The summed E-state index contributed by atoms with van der Waals surface area (Å²) in [7, 11) is 7.84. The summed E-state index contributed by atoms with van der Waals surface area (Å²) in [5.74, 6) is 2.80. The van der Waals surface area contributed by atoms with Crippen LogP contribution in [0.5, 0.6) is 28.7 Å². The standard InChI is InChI=1S/C20H24O6/c1-22-16-9-7-14(12-21)15(19(16)25-4)8-6-13-10-17(23-2)20(26-5)18(11-13)24-3/h6-11,21H,12H2,1-5H3/b8-6+. The summed E-state index contributed by atoms with van der Waals surface area (Å²) in [5.41, 5.74) is 2.31. The van der Waals surface area contributed by atoms with Gasteiger partial charge in [0.15, 0.2) is 23.0 Å². The highest BCUT2D eigenvalue weighted by Gasteiger charge is 2.14. The zero-order chi connectivity index (χ0) is 19.1. The van der Waals surface area contributed by atoms with Crippen LogP contribution in [0.4, 0.5) is 0 Å². The summed E-state index contributed by atoms with van der Waals surface area (Å²) in [6.07, 6.45) is 3.73. The van der Waals surface area contributed by atoms with Crippen molar-refractivity contribution in [2.24, 2.45) is 0 Å². The van der Waals surface area contributed by atoms with Crippen molar-refractivity contribution in [2.75, 3.05) is 35.5 Å².